The molecule has 0 heterocycles. The Kier molecular flexibility index (Phi) is 3.95. The van der Waals surface area contributed by atoms with Crippen molar-refractivity contribution in [2.24, 2.45) is 0 Å². The van der Waals surface area contributed by atoms with Gasteiger partial charge in [0.05, 0.1) is 5.56 Å². The van der Waals surface area contributed by atoms with Gasteiger partial charge in [0.1, 0.15) is 10.7 Å². The zero-order valence-electron chi connectivity index (χ0n) is 11.0. The number of nitrogens with one attached hydrogen (secondary N) is 1. The van der Waals surface area contributed by atoms with Crippen LogP contribution in [0.1, 0.15) is 15.9 Å². The zero-order chi connectivity index (χ0) is 15.6. The summed E-state index contributed by atoms with van der Waals surface area (Å²) < 4.78 is 40.2. The summed E-state index contributed by atoms with van der Waals surface area (Å²) in [6, 6.07) is 9.06. The molecule has 21 heavy (non-hydrogen) atoms. The highest BCUT2D eigenvalue weighted by Gasteiger charge is 2.21. The molecule has 0 fully saturated rings. The summed E-state index contributed by atoms with van der Waals surface area (Å²) >= 11 is 0. The molecule has 2 rings (SSSR count). The normalized spacial score (nSPS) is 11.1. The van der Waals surface area contributed by atoms with Crippen LogP contribution in [0.15, 0.2) is 47.4 Å². The molecule has 0 saturated heterocycles. The quantitative estimate of drug-likeness (QED) is 0.909. The summed E-state index contributed by atoms with van der Waals surface area (Å²) in [5, 5.41) is 8.85. The topological polar surface area (TPSA) is 83.5 Å². The van der Waals surface area contributed by atoms with Gasteiger partial charge >= 0.3 is 5.97 Å². The van der Waals surface area contributed by atoms with E-state index in [9.17, 15) is 17.6 Å². The van der Waals surface area contributed by atoms with Crippen LogP contribution >= 0.6 is 0 Å². The number of halogens is 1. The molecule has 0 atom stereocenters. The third-order valence-electron chi connectivity index (χ3n) is 2.77. The fourth-order valence-electron chi connectivity index (χ4n) is 1.67. The number of sulfonamides is 1. The average molecular weight is 309 g/mol. The SMILES string of the molecule is Cc1ccc(NS(=O)(=O)c2cc(C(=O)O)ccc2F)cc1. The lowest BCUT2D eigenvalue weighted by atomic mass is 10.2. The van der Waals surface area contributed by atoms with Crippen LogP contribution in [0.25, 0.3) is 0 Å². The van der Waals surface area contributed by atoms with E-state index < -0.39 is 26.7 Å². The second-order valence-corrected chi connectivity index (χ2v) is 6.07. The number of aromatic carboxylic acids is 1. The van der Waals surface area contributed by atoms with Crippen molar-refractivity contribution >= 4 is 21.7 Å². The lowest BCUT2D eigenvalue weighted by Gasteiger charge is -2.09. The zero-order valence-corrected chi connectivity index (χ0v) is 11.8. The molecule has 2 aromatic rings. The first-order valence-corrected chi connectivity index (χ1v) is 7.40. The Bertz CT molecular complexity index is 785. The van der Waals surface area contributed by atoms with Crippen molar-refractivity contribution in [1.82, 2.24) is 0 Å². The highest BCUT2D eigenvalue weighted by molar-refractivity contribution is 7.92. The van der Waals surface area contributed by atoms with Gasteiger partial charge in [0.25, 0.3) is 10.0 Å². The van der Waals surface area contributed by atoms with Crippen molar-refractivity contribution < 1.29 is 22.7 Å². The highest BCUT2D eigenvalue weighted by atomic mass is 32.2. The second-order valence-electron chi connectivity index (χ2n) is 4.42. The van der Waals surface area contributed by atoms with Crippen LogP contribution in [0.4, 0.5) is 10.1 Å². The Labute approximate surface area is 121 Å². The number of aryl methyl sites for hydroxylation is 1. The van der Waals surface area contributed by atoms with E-state index in [0.717, 1.165) is 23.8 Å². The van der Waals surface area contributed by atoms with Gasteiger partial charge in [0.2, 0.25) is 0 Å². The molecule has 0 aliphatic heterocycles. The molecule has 0 unspecified atom stereocenters. The molecule has 5 nitrogen and oxygen atoms in total. The lowest BCUT2D eigenvalue weighted by molar-refractivity contribution is 0.0696. The number of anilines is 1. The smallest absolute Gasteiger partial charge is 0.335 e. The number of benzene rings is 2. The molecule has 0 amide bonds. The van der Waals surface area contributed by atoms with Crippen LogP contribution in [0.3, 0.4) is 0 Å². The van der Waals surface area contributed by atoms with E-state index in [1.165, 1.54) is 12.1 Å². The molecule has 7 heteroatoms. The Hall–Kier alpha value is -2.41. The lowest BCUT2D eigenvalue weighted by Crippen LogP contribution is -2.15. The van der Waals surface area contributed by atoms with Crippen molar-refractivity contribution in [3.05, 3.63) is 59.4 Å². The summed E-state index contributed by atoms with van der Waals surface area (Å²) in [7, 11) is -4.20. The molecule has 0 radical (unpaired) electrons. The molecule has 110 valence electrons. The van der Waals surface area contributed by atoms with Crippen molar-refractivity contribution in [2.75, 3.05) is 4.72 Å². The first kappa shape index (κ1) is 15.0. The Morgan fingerprint density at radius 1 is 1.14 bits per heavy atom. The van der Waals surface area contributed by atoms with Crippen LogP contribution < -0.4 is 4.72 Å². The van der Waals surface area contributed by atoms with Gasteiger partial charge in [0, 0.05) is 5.69 Å². The minimum atomic E-state index is -4.20. The largest absolute Gasteiger partial charge is 0.478 e. The second kappa shape index (κ2) is 5.53. The van der Waals surface area contributed by atoms with Gasteiger partial charge in [-0.15, -0.1) is 0 Å². The van der Waals surface area contributed by atoms with Gasteiger partial charge in [-0.25, -0.2) is 17.6 Å². The number of carboxylic acid groups (broad SMARTS) is 1. The fraction of sp³-hybridized carbons (Fsp3) is 0.0714. The van der Waals surface area contributed by atoms with Gasteiger partial charge in [-0.2, -0.15) is 0 Å². The summed E-state index contributed by atoms with van der Waals surface area (Å²) in [6.45, 7) is 1.84. The minimum Gasteiger partial charge on any atom is -0.478 e. The standard InChI is InChI=1S/C14H12FNO4S/c1-9-2-5-11(6-3-9)16-21(19,20)13-8-10(14(17)18)4-7-12(13)15/h2-8,16H,1H3,(H,17,18). The van der Waals surface area contributed by atoms with E-state index in [4.69, 9.17) is 5.11 Å². The van der Waals surface area contributed by atoms with Crippen LogP contribution in [-0.2, 0) is 10.0 Å². The van der Waals surface area contributed by atoms with Gasteiger partial charge in [-0.05, 0) is 37.3 Å². The summed E-state index contributed by atoms with van der Waals surface area (Å²) in [5.41, 5.74) is 0.901. The van der Waals surface area contributed by atoms with Crippen molar-refractivity contribution in [3.63, 3.8) is 0 Å². The van der Waals surface area contributed by atoms with Crippen LogP contribution in [0.5, 0.6) is 0 Å². The molecule has 0 aliphatic rings. The van der Waals surface area contributed by atoms with Gasteiger partial charge < -0.3 is 5.11 Å². The first-order chi connectivity index (χ1) is 9.79. The summed E-state index contributed by atoms with van der Waals surface area (Å²) in [5.74, 6) is -2.35. The van der Waals surface area contributed by atoms with E-state index in [2.05, 4.69) is 4.72 Å². The monoisotopic (exact) mass is 309 g/mol. The molecular formula is C14H12FNO4S. The third kappa shape index (κ3) is 3.38. The summed E-state index contributed by atoms with van der Waals surface area (Å²) in [4.78, 5) is 10.1. The van der Waals surface area contributed by atoms with Crippen molar-refractivity contribution in [1.29, 1.82) is 0 Å². The van der Waals surface area contributed by atoms with Gasteiger partial charge in [-0.1, -0.05) is 17.7 Å². The van der Waals surface area contributed by atoms with Crippen LogP contribution in [0, 0.1) is 12.7 Å². The van der Waals surface area contributed by atoms with E-state index in [-0.39, 0.29) is 11.3 Å². The Morgan fingerprint density at radius 2 is 1.76 bits per heavy atom. The van der Waals surface area contributed by atoms with Crippen molar-refractivity contribution in [2.45, 2.75) is 11.8 Å². The maximum atomic E-state index is 13.7. The number of carboxylic acids is 1. The third-order valence-corrected chi connectivity index (χ3v) is 4.17. The molecule has 0 aromatic heterocycles. The number of rotatable bonds is 4. The van der Waals surface area contributed by atoms with Crippen molar-refractivity contribution in [3.8, 4) is 0 Å². The highest BCUT2D eigenvalue weighted by Crippen LogP contribution is 2.20. The number of hydrogen-bond donors (Lipinski definition) is 2. The molecular weight excluding hydrogens is 297 g/mol. The number of hydrogen-bond acceptors (Lipinski definition) is 3. The van der Waals surface area contributed by atoms with Crippen LogP contribution in [-0.4, -0.2) is 19.5 Å². The number of carbonyl (C=O) groups is 1. The maximum Gasteiger partial charge on any atom is 0.335 e. The Morgan fingerprint density at radius 3 is 2.33 bits per heavy atom. The van der Waals surface area contributed by atoms with Crippen LogP contribution in [0.2, 0.25) is 0 Å². The predicted octanol–water partition coefficient (Wildman–Crippen LogP) is 2.63. The molecule has 2 aromatic carbocycles. The maximum absolute atomic E-state index is 13.7. The predicted molar refractivity (Wildman–Crippen MR) is 75.3 cm³/mol. The molecule has 0 spiro atoms. The minimum absolute atomic E-state index is 0.265. The molecule has 2 N–H and O–H groups in total. The van der Waals surface area contributed by atoms with E-state index in [0.29, 0.717) is 0 Å². The molecule has 0 saturated carbocycles. The summed E-state index contributed by atoms with van der Waals surface area (Å²) in [6.07, 6.45) is 0. The molecule has 0 aliphatic carbocycles. The van der Waals surface area contributed by atoms with Gasteiger partial charge in [-0.3, -0.25) is 4.72 Å². The van der Waals surface area contributed by atoms with E-state index in [1.54, 1.807) is 12.1 Å². The molecule has 0 bridgehead atoms. The average Bonchev–Trinajstić information content (AvgIpc) is 2.41. The first-order valence-electron chi connectivity index (χ1n) is 5.92. The van der Waals surface area contributed by atoms with E-state index >= 15 is 0 Å². The fourth-order valence-corrected chi connectivity index (χ4v) is 2.84. The van der Waals surface area contributed by atoms with Gasteiger partial charge in [0.15, 0.2) is 0 Å². The Balaban J connectivity index is 2.41. The van der Waals surface area contributed by atoms with E-state index in [1.807, 2.05) is 6.92 Å².